The van der Waals surface area contributed by atoms with E-state index in [4.69, 9.17) is 15.2 Å². The lowest BCUT2D eigenvalue weighted by atomic mass is 10.1. The lowest BCUT2D eigenvalue weighted by Gasteiger charge is -2.14. The molecule has 0 bridgehead atoms. The first-order valence-corrected chi connectivity index (χ1v) is 6.20. The van der Waals surface area contributed by atoms with Gasteiger partial charge in [0.1, 0.15) is 11.9 Å². The highest BCUT2D eigenvalue weighted by Gasteiger charge is 2.18. The molecule has 1 aliphatic rings. The van der Waals surface area contributed by atoms with Crippen molar-refractivity contribution in [1.29, 1.82) is 0 Å². The molecule has 1 atom stereocenters. The largest absolute Gasteiger partial charge is 0.487 e. The van der Waals surface area contributed by atoms with Crippen LogP contribution in [0.4, 0.5) is 0 Å². The van der Waals surface area contributed by atoms with Crippen LogP contribution in [0.2, 0.25) is 0 Å². The molecule has 1 aromatic carbocycles. The van der Waals surface area contributed by atoms with Crippen molar-refractivity contribution in [2.45, 2.75) is 19.1 Å². The molecule has 1 saturated heterocycles. The minimum Gasteiger partial charge on any atom is -0.487 e. The van der Waals surface area contributed by atoms with Crippen LogP contribution in [0.3, 0.4) is 0 Å². The van der Waals surface area contributed by atoms with E-state index in [9.17, 15) is 0 Å². The fourth-order valence-electron chi connectivity index (χ4n) is 2.18. The number of fused-ring (bicyclic) bond motifs is 1. The summed E-state index contributed by atoms with van der Waals surface area (Å²) < 4.78 is 11.3. The zero-order valence-electron chi connectivity index (χ0n) is 10.1. The standard InChI is InChI=1S/C14H16N2O2/c15-8-10-7-14(18-11-5-6-17-9-11)12-3-1-2-4-13(12)16-10/h1-4,7,11H,5-6,8-9,15H2. The minimum absolute atomic E-state index is 0.140. The van der Waals surface area contributed by atoms with Crippen molar-refractivity contribution in [1.82, 2.24) is 4.98 Å². The predicted molar refractivity (Wildman–Crippen MR) is 69.5 cm³/mol. The van der Waals surface area contributed by atoms with Gasteiger partial charge in [0.2, 0.25) is 0 Å². The highest BCUT2D eigenvalue weighted by molar-refractivity contribution is 5.85. The van der Waals surface area contributed by atoms with Crippen molar-refractivity contribution in [2.75, 3.05) is 13.2 Å². The van der Waals surface area contributed by atoms with Gasteiger partial charge in [-0.1, -0.05) is 12.1 Å². The Bertz CT molecular complexity index is 550. The summed E-state index contributed by atoms with van der Waals surface area (Å²) in [7, 11) is 0. The molecule has 4 heteroatoms. The number of rotatable bonds is 3. The van der Waals surface area contributed by atoms with E-state index in [1.807, 2.05) is 30.3 Å². The molecule has 2 heterocycles. The van der Waals surface area contributed by atoms with Gasteiger partial charge in [-0.05, 0) is 12.1 Å². The topological polar surface area (TPSA) is 57.4 Å². The summed E-state index contributed by atoms with van der Waals surface area (Å²) in [5.41, 5.74) is 7.45. The molecule has 4 nitrogen and oxygen atoms in total. The summed E-state index contributed by atoms with van der Waals surface area (Å²) in [4.78, 5) is 4.49. The van der Waals surface area contributed by atoms with Gasteiger partial charge in [0, 0.05) is 24.4 Å². The first kappa shape index (κ1) is 11.4. The highest BCUT2D eigenvalue weighted by Crippen LogP contribution is 2.27. The lowest BCUT2D eigenvalue weighted by Crippen LogP contribution is -2.16. The van der Waals surface area contributed by atoms with Crippen LogP contribution >= 0.6 is 0 Å². The van der Waals surface area contributed by atoms with Gasteiger partial charge in [-0.15, -0.1) is 0 Å². The summed E-state index contributed by atoms with van der Waals surface area (Å²) >= 11 is 0. The molecule has 1 aliphatic heterocycles. The zero-order chi connectivity index (χ0) is 12.4. The fourth-order valence-corrected chi connectivity index (χ4v) is 2.18. The third kappa shape index (κ3) is 2.17. The van der Waals surface area contributed by atoms with Crippen molar-refractivity contribution >= 4 is 10.9 Å². The van der Waals surface area contributed by atoms with E-state index >= 15 is 0 Å². The van der Waals surface area contributed by atoms with Gasteiger partial charge in [0.15, 0.2) is 0 Å². The van der Waals surface area contributed by atoms with Crippen molar-refractivity contribution in [3.63, 3.8) is 0 Å². The fraction of sp³-hybridized carbons (Fsp3) is 0.357. The Labute approximate surface area is 106 Å². The van der Waals surface area contributed by atoms with Gasteiger partial charge in [-0.25, -0.2) is 0 Å². The van der Waals surface area contributed by atoms with Gasteiger partial charge in [-0.2, -0.15) is 0 Å². The van der Waals surface area contributed by atoms with Crippen LogP contribution in [0.1, 0.15) is 12.1 Å². The van der Waals surface area contributed by atoms with Crippen LogP contribution in [-0.2, 0) is 11.3 Å². The summed E-state index contributed by atoms with van der Waals surface area (Å²) in [6, 6.07) is 9.89. The van der Waals surface area contributed by atoms with Crippen LogP contribution < -0.4 is 10.5 Å². The van der Waals surface area contributed by atoms with Crippen LogP contribution in [0, 0.1) is 0 Å². The van der Waals surface area contributed by atoms with Crippen LogP contribution in [0.25, 0.3) is 10.9 Å². The second kappa shape index (κ2) is 4.92. The Morgan fingerprint density at radius 3 is 3.06 bits per heavy atom. The third-order valence-corrected chi connectivity index (χ3v) is 3.12. The first-order chi connectivity index (χ1) is 8.86. The average Bonchev–Trinajstić information content (AvgIpc) is 2.91. The highest BCUT2D eigenvalue weighted by atomic mass is 16.5. The van der Waals surface area contributed by atoms with Crippen LogP contribution in [0.15, 0.2) is 30.3 Å². The molecule has 1 fully saturated rings. The first-order valence-electron chi connectivity index (χ1n) is 6.20. The number of ether oxygens (including phenoxy) is 2. The number of benzene rings is 1. The van der Waals surface area contributed by atoms with E-state index in [-0.39, 0.29) is 6.10 Å². The van der Waals surface area contributed by atoms with E-state index in [1.54, 1.807) is 0 Å². The van der Waals surface area contributed by atoms with Gasteiger partial charge < -0.3 is 15.2 Å². The SMILES string of the molecule is NCc1cc(OC2CCOC2)c2ccccc2n1. The molecular formula is C14H16N2O2. The van der Waals surface area contributed by atoms with E-state index in [2.05, 4.69) is 4.98 Å². The van der Waals surface area contributed by atoms with Gasteiger partial charge in [0.05, 0.1) is 24.4 Å². The normalized spacial score (nSPS) is 19.3. The molecule has 1 unspecified atom stereocenters. The molecule has 1 aromatic heterocycles. The number of hydrogen-bond donors (Lipinski definition) is 1. The number of nitrogens with zero attached hydrogens (tertiary/aromatic N) is 1. The molecule has 2 aromatic rings. The molecule has 0 spiro atoms. The Balaban J connectivity index is 2.01. The molecule has 0 amide bonds. The van der Waals surface area contributed by atoms with Crippen molar-refractivity contribution in [3.8, 4) is 5.75 Å². The lowest BCUT2D eigenvalue weighted by molar-refractivity contribution is 0.142. The number of pyridine rings is 1. The number of para-hydroxylation sites is 1. The van der Waals surface area contributed by atoms with Crippen molar-refractivity contribution in [3.05, 3.63) is 36.0 Å². The van der Waals surface area contributed by atoms with Gasteiger partial charge >= 0.3 is 0 Å². The summed E-state index contributed by atoms with van der Waals surface area (Å²) in [5, 5.41) is 1.03. The van der Waals surface area contributed by atoms with Crippen LogP contribution in [-0.4, -0.2) is 24.3 Å². The number of aromatic nitrogens is 1. The number of nitrogens with two attached hydrogens (primary N) is 1. The average molecular weight is 244 g/mol. The van der Waals surface area contributed by atoms with E-state index in [0.29, 0.717) is 13.2 Å². The second-order valence-electron chi connectivity index (χ2n) is 4.44. The maximum Gasteiger partial charge on any atom is 0.131 e. The Hall–Kier alpha value is -1.65. The molecule has 0 radical (unpaired) electrons. The minimum atomic E-state index is 0.140. The maximum atomic E-state index is 6.01. The Morgan fingerprint density at radius 2 is 2.28 bits per heavy atom. The molecule has 2 N–H and O–H groups in total. The van der Waals surface area contributed by atoms with Gasteiger partial charge in [0.25, 0.3) is 0 Å². The molecule has 0 aliphatic carbocycles. The van der Waals surface area contributed by atoms with Crippen LogP contribution in [0.5, 0.6) is 5.75 Å². The van der Waals surface area contributed by atoms with Gasteiger partial charge in [-0.3, -0.25) is 4.98 Å². The molecule has 3 rings (SSSR count). The number of hydrogen-bond acceptors (Lipinski definition) is 4. The van der Waals surface area contributed by atoms with E-state index < -0.39 is 0 Å². The van der Waals surface area contributed by atoms with E-state index in [0.717, 1.165) is 35.4 Å². The second-order valence-corrected chi connectivity index (χ2v) is 4.44. The molecule has 94 valence electrons. The van der Waals surface area contributed by atoms with Crippen molar-refractivity contribution in [2.24, 2.45) is 5.73 Å². The Morgan fingerprint density at radius 1 is 1.39 bits per heavy atom. The quantitative estimate of drug-likeness (QED) is 0.895. The van der Waals surface area contributed by atoms with E-state index in [1.165, 1.54) is 0 Å². The summed E-state index contributed by atoms with van der Waals surface area (Å²) in [5.74, 6) is 0.858. The molecule has 18 heavy (non-hydrogen) atoms. The summed E-state index contributed by atoms with van der Waals surface area (Å²) in [6.07, 6.45) is 1.08. The smallest absolute Gasteiger partial charge is 0.131 e. The zero-order valence-corrected chi connectivity index (χ0v) is 10.1. The molecular weight excluding hydrogens is 228 g/mol. The monoisotopic (exact) mass is 244 g/mol. The summed E-state index contributed by atoms with van der Waals surface area (Å²) in [6.45, 7) is 1.86. The molecule has 0 saturated carbocycles. The van der Waals surface area contributed by atoms with Crippen molar-refractivity contribution < 1.29 is 9.47 Å². The third-order valence-electron chi connectivity index (χ3n) is 3.12. The maximum absolute atomic E-state index is 6.01. The predicted octanol–water partition coefficient (Wildman–Crippen LogP) is 1.86. The Kier molecular flexibility index (Phi) is 3.13.